The Hall–Kier alpha value is -1.09. The Labute approximate surface area is 103 Å². The van der Waals surface area contributed by atoms with Crippen LogP contribution < -0.4 is 10.5 Å². The molecule has 3 nitrogen and oxygen atoms in total. The van der Waals surface area contributed by atoms with E-state index in [9.17, 15) is 0 Å². The van der Waals surface area contributed by atoms with Crippen LogP contribution in [0.4, 0.5) is 0 Å². The van der Waals surface area contributed by atoms with E-state index in [1.807, 2.05) is 19.1 Å². The molecule has 1 unspecified atom stereocenters. The normalized spacial score (nSPS) is 26.5. The van der Waals surface area contributed by atoms with Crippen LogP contribution in [0.3, 0.4) is 0 Å². The summed E-state index contributed by atoms with van der Waals surface area (Å²) in [6.45, 7) is 4.25. The number of rotatable bonds is 3. The second-order valence-corrected chi connectivity index (χ2v) is 5.21. The summed E-state index contributed by atoms with van der Waals surface area (Å²) >= 11 is 0. The van der Waals surface area contributed by atoms with E-state index in [1.54, 1.807) is 6.20 Å². The van der Waals surface area contributed by atoms with E-state index < -0.39 is 0 Å². The lowest BCUT2D eigenvalue weighted by atomic mass is 9.89. The van der Waals surface area contributed by atoms with E-state index in [-0.39, 0.29) is 6.04 Å². The molecule has 0 bridgehead atoms. The molecular weight excluding hydrogens is 212 g/mol. The van der Waals surface area contributed by atoms with Crippen molar-refractivity contribution in [3.8, 4) is 5.75 Å². The van der Waals surface area contributed by atoms with Gasteiger partial charge in [0.05, 0.1) is 18.0 Å². The van der Waals surface area contributed by atoms with E-state index in [1.165, 1.54) is 12.8 Å². The van der Waals surface area contributed by atoms with Crippen molar-refractivity contribution in [2.75, 3.05) is 0 Å². The quantitative estimate of drug-likeness (QED) is 0.874. The van der Waals surface area contributed by atoms with Crippen molar-refractivity contribution < 1.29 is 4.74 Å². The molecule has 3 heteroatoms. The van der Waals surface area contributed by atoms with Gasteiger partial charge in [-0.1, -0.05) is 6.92 Å². The third-order valence-corrected chi connectivity index (χ3v) is 3.49. The zero-order chi connectivity index (χ0) is 12.3. The third-order valence-electron chi connectivity index (χ3n) is 3.49. The smallest absolute Gasteiger partial charge is 0.138 e. The van der Waals surface area contributed by atoms with Gasteiger partial charge in [0.2, 0.25) is 0 Å². The van der Waals surface area contributed by atoms with Gasteiger partial charge in [0.1, 0.15) is 5.75 Å². The van der Waals surface area contributed by atoms with E-state index >= 15 is 0 Å². The fourth-order valence-electron chi connectivity index (χ4n) is 2.27. The molecule has 0 saturated heterocycles. The molecule has 0 aliphatic heterocycles. The van der Waals surface area contributed by atoms with E-state index in [0.29, 0.717) is 6.10 Å². The molecule has 2 N–H and O–H groups in total. The van der Waals surface area contributed by atoms with Gasteiger partial charge >= 0.3 is 0 Å². The molecule has 17 heavy (non-hydrogen) atoms. The summed E-state index contributed by atoms with van der Waals surface area (Å²) in [6.07, 6.45) is 7.03. The molecule has 94 valence electrons. The zero-order valence-corrected chi connectivity index (χ0v) is 10.7. The highest BCUT2D eigenvalue weighted by Gasteiger charge is 2.19. The van der Waals surface area contributed by atoms with Crippen LogP contribution in [0, 0.1) is 5.92 Å². The molecular formula is C14H22N2O. The summed E-state index contributed by atoms with van der Waals surface area (Å²) in [5.74, 6) is 1.72. The van der Waals surface area contributed by atoms with Crippen LogP contribution in [-0.4, -0.2) is 11.1 Å². The fraction of sp³-hybridized carbons (Fsp3) is 0.643. The van der Waals surface area contributed by atoms with Crippen LogP contribution in [-0.2, 0) is 0 Å². The molecule has 2 rings (SSSR count). The Morgan fingerprint density at radius 3 is 2.53 bits per heavy atom. The lowest BCUT2D eigenvalue weighted by Gasteiger charge is -2.26. The van der Waals surface area contributed by atoms with Crippen molar-refractivity contribution in [3.63, 3.8) is 0 Å². The molecule has 1 aliphatic rings. The predicted molar refractivity (Wildman–Crippen MR) is 68.9 cm³/mol. The van der Waals surface area contributed by atoms with Gasteiger partial charge in [0.15, 0.2) is 0 Å². The Kier molecular flexibility index (Phi) is 4.00. The van der Waals surface area contributed by atoms with Gasteiger partial charge < -0.3 is 10.5 Å². The van der Waals surface area contributed by atoms with Crippen LogP contribution in [0.5, 0.6) is 5.75 Å². The number of pyridine rings is 1. The maximum Gasteiger partial charge on any atom is 0.138 e. The maximum absolute atomic E-state index is 5.94. The van der Waals surface area contributed by atoms with E-state index in [4.69, 9.17) is 10.5 Å². The first-order chi connectivity index (χ1) is 8.15. The summed E-state index contributed by atoms with van der Waals surface area (Å²) in [5.41, 5.74) is 6.67. The molecule has 1 aliphatic carbocycles. The molecule has 1 atom stereocenters. The van der Waals surface area contributed by atoms with Gasteiger partial charge in [-0.05, 0) is 50.7 Å². The maximum atomic E-state index is 5.94. The van der Waals surface area contributed by atoms with E-state index in [2.05, 4.69) is 11.9 Å². The Bertz CT molecular complexity index is 340. The monoisotopic (exact) mass is 234 g/mol. The van der Waals surface area contributed by atoms with E-state index in [0.717, 1.165) is 30.2 Å². The average molecular weight is 234 g/mol. The molecule has 0 amide bonds. The van der Waals surface area contributed by atoms with Crippen molar-refractivity contribution in [2.24, 2.45) is 11.7 Å². The van der Waals surface area contributed by atoms with Gasteiger partial charge in [-0.3, -0.25) is 4.98 Å². The molecule has 1 saturated carbocycles. The molecule has 1 fully saturated rings. The summed E-state index contributed by atoms with van der Waals surface area (Å²) in [4.78, 5) is 4.31. The van der Waals surface area contributed by atoms with Crippen LogP contribution >= 0.6 is 0 Å². The lowest BCUT2D eigenvalue weighted by molar-refractivity contribution is 0.135. The minimum absolute atomic E-state index is 0.0143. The number of hydrogen-bond donors (Lipinski definition) is 1. The highest BCUT2D eigenvalue weighted by molar-refractivity contribution is 5.21. The summed E-state index contributed by atoms with van der Waals surface area (Å²) < 4.78 is 5.94. The third kappa shape index (κ3) is 3.43. The molecule has 0 radical (unpaired) electrons. The van der Waals surface area contributed by atoms with Crippen molar-refractivity contribution in [2.45, 2.75) is 51.7 Å². The number of nitrogens with zero attached hydrogens (tertiary/aromatic N) is 1. The Morgan fingerprint density at radius 1 is 1.29 bits per heavy atom. The van der Waals surface area contributed by atoms with Gasteiger partial charge in [-0.15, -0.1) is 0 Å². The zero-order valence-electron chi connectivity index (χ0n) is 10.7. The molecule has 0 spiro atoms. The van der Waals surface area contributed by atoms with Crippen molar-refractivity contribution in [3.05, 3.63) is 24.0 Å². The highest BCUT2D eigenvalue weighted by Crippen LogP contribution is 2.27. The van der Waals surface area contributed by atoms with Gasteiger partial charge in [-0.2, -0.15) is 0 Å². The van der Waals surface area contributed by atoms with Crippen LogP contribution in [0.1, 0.15) is 51.3 Å². The first-order valence-electron chi connectivity index (χ1n) is 6.53. The first kappa shape index (κ1) is 12.4. The summed E-state index contributed by atoms with van der Waals surface area (Å²) in [5, 5.41) is 0. The van der Waals surface area contributed by atoms with Gasteiger partial charge in [0.25, 0.3) is 0 Å². The minimum Gasteiger partial charge on any atom is -0.489 e. The van der Waals surface area contributed by atoms with Crippen molar-refractivity contribution in [1.29, 1.82) is 0 Å². The minimum atomic E-state index is -0.0143. The lowest BCUT2D eigenvalue weighted by Crippen LogP contribution is -2.23. The fourth-order valence-corrected chi connectivity index (χ4v) is 2.27. The summed E-state index contributed by atoms with van der Waals surface area (Å²) in [7, 11) is 0. The second kappa shape index (κ2) is 5.50. The Balaban J connectivity index is 1.90. The number of nitrogens with two attached hydrogens (primary N) is 1. The first-order valence-corrected chi connectivity index (χ1v) is 6.53. The summed E-state index contributed by atoms with van der Waals surface area (Å²) in [6, 6.07) is 3.91. The Morgan fingerprint density at radius 2 is 2.00 bits per heavy atom. The topological polar surface area (TPSA) is 48.1 Å². The molecule has 1 aromatic rings. The van der Waals surface area contributed by atoms with Crippen LogP contribution in [0.2, 0.25) is 0 Å². The van der Waals surface area contributed by atoms with Crippen LogP contribution in [0.25, 0.3) is 0 Å². The number of aromatic nitrogens is 1. The number of hydrogen-bond acceptors (Lipinski definition) is 3. The van der Waals surface area contributed by atoms with Crippen LogP contribution in [0.15, 0.2) is 18.3 Å². The molecule has 1 aromatic heterocycles. The van der Waals surface area contributed by atoms with Gasteiger partial charge in [-0.25, -0.2) is 0 Å². The molecule has 1 heterocycles. The SMILES string of the molecule is CC1CCC(Oc2ccc(C(C)N)nc2)CC1. The number of ether oxygens (including phenoxy) is 1. The average Bonchev–Trinajstić information content (AvgIpc) is 2.33. The predicted octanol–water partition coefficient (Wildman–Crippen LogP) is 3.06. The largest absolute Gasteiger partial charge is 0.489 e. The van der Waals surface area contributed by atoms with Gasteiger partial charge in [0, 0.05) is 6.04 Å². The highest BCUT2D eigenvalue weighted by atomic mass is 16.5. The second-order valence-electron chi connectivity index (χ2n) is 5.21. The molecule has 0 aromatic carbocycles. The van der Waals surface area contributed by atoms with Crippen molar-refractivity contribution >= 4 is 0 Å². The standard InChI is InChI=1S/C14H22N2O/c1-10-3-5-12(6-4-10)17-13-7-8-14(11(2)15)16-9-13/h7-12H,3-6,15H2,1-2H3. The van der Waals surface area contributed by atoms with Crippen molar-refractivity contribution in [1.82, 2.24) is 4.98 Å².